The number of rotatable bonds is 5. The van der Waals surface area contributed by atoms with Gasteiger partial charge in [0.05, 0.1) is 24.6 Å². The van der Waals surface area contributed by atoms with E-state index >= 15 is 0 Å². The van der Waals surface area contributed by atoms with Crippen LogP contribution in [0.5, 0.6) is 0 Å². The van der Waals surface area contributed by atoms with Gasteiger partial charge in [-0.2, -0.15) is 0 Å². The van der Waals surface area contributed by atoms with Crippen LogP contribution in [0, 0.1) is 0 Å². The zero-order valence-electron chi connectivity index (χ0n) is 19.2. The number of anilines is 2. The van der Waals surface area contributed by atoms with E-state index in [2.05, 4.69) is 15.5 Å². The van der Waals surface area contributed by atoms with E-state index < -0.39 is 29.9 Å². The molecule has 2 aliphatic rings. The zero-order chi connectivity index (χ0) is 24.6. The standard InChI is InChI=1S/C26H25ClN4O4/c1-26(19-7-6-17-4-2-3-5-18(17)14-19)24(33)31(25(34)29-26)16-23(32)28-21-15-20(27)8-9-22(21)30-10-12-35-13-11-30/h2-9,14-15H,10-13,16H2,1H3,(H,28,32)(H,29,34). The van der Waals surface area contributed by atoms with Crippen LogP contribution in [0.3, 0.4) is 0 Å². The molecule has 2 saturated heterocycles. The summed E-state index contributed by atoms with van der Waals surface area (Å²) in [5.41, 5.74) is 0.719. The maximum atomic E-state index is 13.3. The molecular formula is C26H25ClN4O4. The smallest absolute Gasteiger partial charge is 0.325 e. The van der Waals surface area contributed by atoms with Gasteiger partial charge in [0.2, 0.25) is 5.91 Å². The second-order valence-corrected chi connectivity index (χ2v) is 9.25. The number of hydrogen-bond acceptors (Lipinski definition) is 5. The molecule has 0 bridgehead atoms. The lowest BCUT2D eigenvalue weighted by atomic mass is 9.90. The number of urea groups is 1. The first kappa shape index (κ1) is 23.1. The van der Waals surface area contributed by atoms with E-state index in [4.69, 9.17) is 16.3 Å². The molecule has 9 heteroatoms. The highest BCUT2D eigenvalue weighted by atomic mass is 35.5. The van der Waals surface area contributed by atoms with Crippen molar-refractivity contribution in [1.29, 1.82) is 0 Å². The van der Waals surface area contributed by atoms with E-state index in [9.17, 15) is 14.4 Å². The first-order valence-electron chi connectivity index (χ1n) is 11.4. The number of ether oxygens (including phenoxy) is 1. The van der Waals surface area contributed by atoms with Crippen molar-refractivity contribution in [3.05, 3.63) is 71.2 Å². The van der Waals surface area contributed by atoms with Gasteiger partial charge in [-0.05, 0) is 47.5 Å². The number of nitrogens with one attached hydrogen (secondary N) is 2. The van der Waals surface area contributed by atoms with Gasteiger partial charge in [0.1, 0.15) is 12.1 Å². The monoisotopic (exact) mass is 492 g/mol. The summed E-state index contributed by atoms with van der Waals surface area (Å²) in [6, 6.07) is 18.1. The maximum absolute atomic E-state index is 13.3. The molecule has 3 aromatic rings. The summed E-state index contributed by atoms with van der Waals surface area (Å²) in [7, 11) is 0. The Balaban J connectivity index is 1.34. The quantitative estimate of drug-likeness (QED) is 0.529. The van der Waals surface area contributed by atoms with Crippen molar-refractivity contribution in [1.82, 2.24) is 10.2 Å². The Hall–Kier alpha value is -3.62. The normalized spacial score (nSPS) is 20.3. The molecule has 35 heavy (non-hydrogen) atoms. The number of fused-ring (bicyclic) bond motifs is 1. The molecule has 4 amide bonds. The van der Waals surface area contributed by atoms with E-state index in [-0.39, 0.29) is 0 Å². The van der Waals surface area contributed by atoms with Crippen LogP contribution in [-0.2, 0) is 19.9 Å². The van der Waals surface area contributed by atoms with Gasteiger partial charge in [-0.15, -0.1) is 0 Å². The molecule has 1 atom stereocenters. The minimum absolute atomic E-state index is 0.414. The molecule has 5 rings (SSSR count). The van der Waals surface area contributed by atoms with Crippen LogP contribution >= 0.6 is 11.6 Å². The zero-order valence-corrected chi connectivity index (χ0v) is 20.0. The SMILES string of the molecule is CC1(c2ccc3ccccc3c2)NC(=O)N(CC(=O)Nc2cc(Cl)ccc2N2CCOCC2)C1=O. The number of nitrogens with zero attached hydrogens (tertiary/aromatic N) is 2. The van der Waals surface area contributed by atoms with Crippen LogP contribution in [0.15, 0.2) is 60.7 Å². The number of halogens is 1. The van der Waals surface area contributed by atoms with Crippen molar-refractivity contribution in [3.63, 3.8) is 0 Å². The molecule has 8 nitrogen and oxygen atoms in total. The predicted molar refractivity (Wildman–Crippen MR) is 135 cm³/mol. The lowest BCUT2D eigenvalue weighted by Crippen LogP contribution is -2.42. The third-order valence-electron chi connectivity index (χ3n) is 6.49. The lowest BCUT2D eigenvalue weighted by molar-refractivity contribution is -0.133. The molecule has 2 aliphatic heterocycles. The van der Waals surface area contributed by atoms with Gasteiger partial charge in [0.25, 0.3) is 5.91 Å². The van der Waals surface area contributed by atoms with Crippen molar-refractivity contribution in [2.24, 2.45) is 0 Å². The van der Waals surface area contributed by atoms with Crippen LogP contribution in [0.1, 0.15) is 12.5 Å². The van der Waals surface area contributed by atoms with Gasteiger partial charge in [0.15, 0.2) is 0 Å². The Morgan fingerprint density at radius 3 is 2.57 bits per heavy atom. The second kappa shape index (κ2) is 9.20. The van der Waals surface area contributed by atoms with Gasteiger partial charge in [-0.3, -0.25) is 14.5 Å². The molecule has 180 valence electrons. The number of amides is 4. The van der Waals surface area contributed by atoms with E-state index in [1.807, 2.05) is 48.5 Å². The number of morpholine rings is 1. The average Bonchev–Trinajstić information content (AvgIpc) is 3.08. The summed E-state index contributed by atoms with van der Waals surface area (Å²) in [4.78, 5) is 42.1. The molecule has 0 spiro atoms. The molecule has 0 saturated carbocycles. The fraction of sp³-hybridized carbons (Fsp3) is 0.269. The first-order valence-corrected chi connectivity index (χ1v) is 11.8. The molecule has 2 N–H and O–H groups in total. The van der Waals surface area contributed by atoms with Crippen molar-refractivity contribution in [2.45, 2.75) is 12.5 Å². The van der Waals surface area contributed by atoms with Gasteiger partial charge >= 0.3 is 6.03 Å². The third-order valence-corrected chi connectivity index (χ3v) is 6.72. The molecule has 1 unspecified atom stereocenters. The van der Waals surface area contributed by atoms with Crippen LogP contribution in [0.4, 0.5) is 16.2 Å². The molecule has 0 aliphatic carbocycles. The van der Waals surface area contributed by atoms with Gasteiger partial charge < -0.3 is 20.3 Å². The molecule has 0 aromatic heterocycles. The molecule has 0 radical (unpaired) electrons. The summed E-state index contributed by atoms with van der Waals surface area (Å²) in [5.74, 6) is -0.972. The van der Waals surface area contributed by atoms with Crippen molar-refractivity contribution in [2.75, 3.05) is 43.1 Å². The third kappa shape index (κ3) is 4.42. The van der Waals surface area contributed by atoms with Crippen molar-refractivity contribution >= 4 is 51.6 Å². The topological polar surface area (TPSA) is 91.0 Å². The fourth-order valence-corrected chi connectivity index (χ4v) is 4.73. The largest absolute Gasteiger partial charge is 0.378 e. The Bertz CT molecular complexity index is 1320. The maximum Gasteiger partial charge on any atom is 0.325 e. The predicted octanol–water partition coefficient (Wildman–Crippen LogP) is 3.74. The Morgan fingerprint density at radius 2 is 1.80 bits per heavy atom. The minimum Gasteiger partial charge on any atom is -0.378 e. The number of hydrogen-bond donors (Lipinski definition) is 2. The summed E-state index contributed by atoms with van der Waals surface area (Å²) in [5, 5.41) is 8.06. The molecule has 3 aromatic carbocycles. The second-order valence-electron chi connectivity index (χ2n) is 8.82. The lowest BCUT2D eigenvalue weighted by Gasteiger charge is -2.30. The summed E-state index contributed by atoms with van der Waals surface area (Å²) in [6.45, 7) is 3.78. The van der Waals surface area contributed by atoms with Gasteiger partial charge in [-0.1, -0.05) is 48.0 Å². The summed E-state index contributed by atoms with van der Waals surface area (Å²) < 4.78 is 5.41. The summed E-state index contributed by atoms with van der Waals surface area (Å²) >= 11 is 6.18. The van der Waals surface area contributed by atoms with E-state index in [1.54, 1.807) is 19.1 Å². The van der Waals surface area contributed by atoms with Crippen LogP contribution < -0.4 is 15.5 Å². The Labute approximate surface area is 207 Å². The number of imide groups is 1. The van der Waals surface area contributed by atoms with Gasteiger partial charge in [-0.25, -0.2) is 4.79 Å². The van der Waals surface area contributed by atoms with Crippen LogP contribution in [0.25, 0.3) is 10.8 Å². The highest BCUT2D eigenvalue weighted by molar-refractivity contribution is 6.31. The molecule has 2 heterocycles. The Morgan fingerprint density at radius 1 is 1.06 bits per heavy atom. The van der Waals surface area contributed by atoms with Crippen LogP contribution in [0.2, 0.25) is 5.02 Å². The van der Waals surface area contributed by atoms with Crippen molar-refractivity contribution < 1.29 is 19.1 Å². The highest BCUT2D eigenvalue weighted by Crippen LogP contribution is 2.32. The number of carbonyl (C=O) groups excluding carboxylic acids is 3. The molecular weight excluding hydrogens is 468 g/mol. The average molecular weight is 493 g/mol. The van der Waals surface area contributed by atoms with Gasteiger partial charge in [0, 0.05) is 18.1 Å². The number of carbonyl (C=O) groups is 3. The summed E-state index contributed by atoms with van der Waals surface area (Å²) in [6.07, 6.45) is 0. The van der Waals surface area contributed by atoms with E-state index in [0.29, 0.717) is 42.6 Å². The first-order chi connectivity index (χ1) is 16.8. The van der Waals surface area contributed by atoms with E-state index in [1.165, 1.54) is 0 Å². The molecule has 2 fully saturated rings. The fourth-order valence-electron chi connectivity index (χ4n) is 4.56. The van der Waals surface area contributed by atoms with Crippen LogP contribution in [-0.4, -0.2) is 55.6 Å². The number of benzene rings is 3. The van der Waals surface area contributed by atoms with E-state index in [0.717, 1.165) is 21.4 Å². The highest BCUT2D eigenvalue weighted by Gasteiger charge is 2.49. The Kier molecular flexibility index (Phi) is 6.08. The minimum atomic E-state index is -1.27. The van der Waals surface area contributed by atoms with Crippen molar-refractivity contribution in [3.8, 4) is 0 Å².